The van der Waals surface area contributed by atoms with Gasteiger partial charge < -0.3 is 10.6 Å². The number of benzene rings is 1. The first-order valence-electron chi connectivity index (χ1n) is 9.05. The summed E-state index contributed by atoms with van der Waals surface area (Å²) in [6.45, 7) is 1.07. The second kappa shape index (κ2) is 7.30. The number of rotatable bonds is 5. The zero-order valence-electron chi connectivity index (χ0n) is 15.2. The molecule has 1 spiro atoms. The van der Waals surface area contributed by atoms with E-state index in [1.54, 1.807) is 12.1 Å². The molecule has 3 rings (SSSR count). The van der Waals surface area contributed by atoms with Crippen molar-refractivity contribution in [3.8, 4) is 0 Å². The van der Waals surface area contributed by atoms with E-state index in [2.05, 4.69) is 10.6 Å². The summed E-state index contributed by atoms with van der Waals surface area (Å²) in [4.78, 5) is 38.3. The first kappa shape index (κ1) is 19.3. The summed E-state index contributed by atoms with van der Waals surface area (Å²) in [7, 11) is -3.52. The van der Waals surface area contributed by atoms with Crippen molar-refractivity contribution in [2.24, 2.45) is 0 Å². The Morgan fingerprint density at radius 1 is 1.19 bits per heavy atom. The summed E-state index contributed by atoms with van der Waals surface area (Å²) in [5.74, 6) is -1.10. The lowest BCUT2D eigenvalue weighted by atomic mass is 9.82. The molecule has 8 nitrogen and oxygen atoms in total. The van der Waals surface area contributed by atoms with Gasteiger partial charge in [-0.15, -0.1) is 0 Å². The van der Waals surface area contributed by atoms with Crippen LogP contribution in [0.3, 0.4) is 0 Å². The monoisotopic (exact) mass is 393 g/mol. The fraction of sp³-hybridized carbons (Fsp3) is 0.500. The molecule has 1 aromatic carbocycles. The number of amides is 4. The summed E-state index contributed by atoms with van der Waals surface area (Å²) < 4.78 is 24.3. The Morgan fingerprint density at radius 3 is 2.52 bits per heavy atom. The quantitative estimate of drug-likeness (QED) is 0.739. The van der Waals surface area contributed by atoms with E-state index in [-0.39, 0.29) is 22.2 Å². The summed E-state index contributed by atoms with van der Waals surface area (Å²) in [6, 6.07) is 5.50. The van der Waals surface area contributed by atoms with Crippen molar-refractivity contribution in [1.29, 1.82) is 0 Å². The third-order valence-electron chi connectivity index (χ3n) is 5.13. The fourth-order valence-electron chi connectivity index (χ4n) is 3.64. The Kier molecular flexibility index (Phi) is 5.23. The van der Waals surface area contributed by atoms with Gasteiger partial charge in [-0.1, -0.05) is 38.3 Å². The minimum absolute atomic E-state index is 0.0156. The number of anilines is 1. The van der Waals surface area contributed by atoms with E-state index < -0.39 is 33.9 Å². The van der Waals surface area contributed by atoms with E-state index in [1.807, 2.05) is 0 Å². The molecule has 2 fully saturated rings. The lowest BCUT2D eigenvalue weighted by Gasteiger charge is -2.30. The molecule has 146 valence electrons. The predicted molar refractivity (Wildman–Crippen MR) is 98.9 cm³/mol. The van der Waals surface area contributed by atoms with Gasteiger partial charge in [0.1, 0.15) is 12.1 Å². The molecule has 0 atom stereocenters. The molecular weight excluding hydrogens is 370 g/mol. The lowest BCUT2D eigenvalue weighted by Crippen LogP contribution is -2.48. The molecule has 0 bridgehead atoms. The van der Waals surface area contributed by atoms with Crippen LogP contribution in [0.25, 0.3) is 0 Å². The molecule has 4 amide bonds. The molecule has 0 aromatic heterocycles. The minimum Gasteiger partial charge on any atom is -0.323 e. The summed E-state index contributed by atoms with van der Waals surface area (Å²) in [5, 5.41) is 5.26. The van der Waals surface area contributed by atoms with Crippen LogP contribution in [0.4, 0.5) is 10.5 Å². The largest absolute Gasteiger partial charge is 0.325 e. The maximum atomic E-state index is 12.7. The molecule has 1 aliphatic heterocycles. The van der Waals surface area contributed by atoms with Gasteiger partial charge in [0.15, 0.2) is 9.84 Å². The van der Waals surface area contributed by atoms with Crippen LogP contribution < -0.4 is 10.6 Å². The van der Waals surface area contributed by atoms with Gasteiger partial charge in [0.05, 0.1) is 16.3 Å². The predicted octanol–water partition coefficient (Wildman–Crippen LogP) is 1.67. The van der Waals surface area contributed by atoms with Gasteiger partial charge in [0, 0.05) is 0 Å². The highest BCUT2D eigenvalue weighted by atomic mass is 32.2. The van der Waals surface area contributed by atoms with Gasteiger partial charge in [0.2, 0.25) is 5.91 Å². The highest BCUT2D eigenvalue weighted by Gasteiger charge is 2.51. The first-order chi connectivity index (χ1) is 12.8. The molecule has 1 aromatic rings. The number of hydrogen-bond acceptors (Lipinski definition) is 5. The van der Waals surface area contributed by atoms with Gasteiger partial charge in [-0.25, -0.2) is 13.2 Å². The first-order valence-corrected chi connectivity index (χ1v) is 10.7. The molecule has 27 heavy (non-hydrogen) atoms. The van der Waals surface area contributed by atoms with Crippen LogP contribution >= 0.6 is 0 Å². The molecule has 1 saturated carbocycles. The van der Waals surface area contributed by atoms with E-state index in [0.29, 0.717) is 12.8 Å². The van der Waals surface area contributed by atoms with Crippen LogP contribution in [0.15, 0.2) is 29.2 Å². The zero-order chi connectivity index (χ0) is 19.7. The van der Waals surface area contributed by atoms with Gasteiger partial charge >= 0.3 is 6.03 Å². The SMILES string of the molecule is CCS(=O)(=O)c1ccccc1NC(=O)CN1C(=O)NC2(CCCCC2)C1=O. The smallest absolute Gasteiger partial charge is 0.323 e. The summed E-state index contributed by atoms with van der Waals surface area (Å²) in [5.41, 5.74) is -0.747. The maximum absolute atomic E-state index is 12.7. The van der Waals surface area contributed by atoms with E-state index in [9.17, 15) is 22.8 Å². The molecule has 9 heteroatoms. The summed E-state index contributed by atoms with van der Waals surface area (Å²) in [6.07, 6.45) is 3.89. The number of sulfone groups is 1. The number of carbonyl (C=O) groups excluding carboxylic acids is 3. The Labute approximate surface area is 158 Å². The van der Waals surface area contributed by atoms with Crippen LogP contribution in [-0.2, 0) is 19.4 Å². The van der Waals surface area contributed by atoms with Crippen molar-refractivity contribution >= 4 is 33.4 Å². The van der Waals surface area contributed by atoms with Crippen molar-refractivity contribution in [2.75, 3.05) is 17.6 Å². The van der Waals surface area contributed by atoms with Gasteiger partial charge in [-0.3, -0.25) is 14.5 Å². The van der Waals surface area contributed by atoms with E-state index in [1.165, 1.54) is 19.1 Å². The summed E-state index contributed by atoms with van der Waals surface area (Å²) >= 11 is 0. The van der Waals surface area contributed by atoms with Gasteiger partial charge in [-0.2, -0.15) is 0 Å². The second-order valence-corrected chi connectivity index (χ2v) is 9.16. The Hall–Kier alpha value is -2.42. The molecule has 2 aliphatic rings. The highest BCUT2D eigenvalue weighted by molar-refractivity contribution is 7.91. The number of nitrogens with zero attached hydrogens (tertiary/aromatic N) is 1. The van der Waals surface area contributed by atoms with Crippen molar-refractivity contribution in [1.82, 2.24) is 10.2 Å². The van der Waals surface area contributed by atoms with E-state index in [4.69, 9.17) is 0 Å². The molecule has 2 N–H and O–H groups in total. The Morgan fingerprint density at radius 2 is 1.85 bits per heavy atom. The fourth-order valence-corrected chi connectivity index (χ4v) is 4.69. The number of hydrogen-bond donors (Lipinski definition) is 2. The second-order valence-electron chi connectivity index (χ2n) is 6.91. The maximum Gasteiger partial charge on any atom is 0.325 e. The molecule has 1 aliphatic carbocycles. The molecular formula is C18H23N3O5S. The van der Waals surface area contributed by atoms with Crippen LogP contribution in [0, 0.1) is 0 Å². The standard InChI is InChI=1S/C18H23N3O5S/c1-2-27(25,26)14-9-5-4-8-13(14)19-15(22)12-21-16(23)18(20-17(21)24)10-6-3-7-11-18/h4-5,8-9H,2-3,6-7,10-12H2,1H3,(H,19,22)(H,20,24). The Bertz CT molecular complexity index is 875. The average Bonchev–Trinajstić information content (AvgIpc) is 2.86. The topological polar surface area (TPSA) is 113 Å². The van der Waals surface area contributed by atoms with E-state index >= 15 is 0 Å². The molecule has 0 radical (unpaired) electrons. The highest BCUT2D eigenvalue weighted by Crippen LogP contribution is 2.33. The number of urea groups is 1. The number of carbonyl (C=O) groups is 3. The normalized spacial score (nSPS) is 19.2. The van der Waals surface area contributed by atoms with Crippen LogP contribution in [0.5, 0.6) is 0 Å². The van der Waals surface area contributed by atoms with Gasteiger partial charge in [-0.05, 0) is 25.0 Å². The van der Waals surface area contributed by atoms with Crippen LogP contribution in [0.1, 0.15) is 39.0 Å². The van der Waals surface area contributed by atoms with E-state index in [0.717, 1.165) is 24.2 Å². The average molecular weight is 393 g/mol. The third-order valence-corrected chi connectivity index (χ3v) is 6.92. The van der Waals surface area contributed by atoms with Gasteiger partial charge in [0.25, 0.3) is 5.91 Å². The molecule has 1 saturated heterocycles. The van der Waals surface area contributed by atoms with Crippen molar-refractivity contribution in [3.63, 3.8) is 0 Å². The van der Waals surface area contributed by atoms with Crippen LogP contribution in [0.2, 0.25) is 0 Å². The molecule has 1 heterocycles. The van der Waals surface area contributed by atoms with Crippen molar-refractivity contribution in [2.45, 2.75) is 49.5 Å². The molecule has 0 unspecified atom stereocenters. The third kappa shape index (κ3) is 3.69. The minimum atomic E-state index is -3.52. The number of para-hydroxylation sites is 1. The Balaban J connectivity index is 1.74. The number of imide groups is 1. The van der Waals surface area contributed by atoms with Crippen molar-refractivity contribution < 1.29 is 22.8 Å². The number of nitrogens with one attached hydrogen (secondary N) is 2. The lowest BCUT2D eigenvalue weighted by molar-refractivity contribution is -0.134. The van der Waals surface area contributed by atoms with Crippen molar-refractivity contribution in [3.05, 3.63) is 24.3 Å². The zero-order valence-corrected chi connectivity index (χ0v) is 16.0. The van der Waals surface area contributed by atoms with Crippen LogP contribution in [-0.4, -0.2) is 49.0 Å².